The standard InChI is InChI=1S/C23H23ClN2O4S/c1-16-11-17(2)13-19(12-16)25-23(27)15-26(20-6-4-5-18(24)14-20)31(28,29)22-9-7-21(30-3)8-10-22/h4-14H,15H2,1-3H3,(H,25,27). The predicted octanol–water partition coefficient (Wildman–Crippen LogP) is 4.80. The van der Waals surface area contributed by atoms with E-state index in [1.807, 2.05) is 32.0 Å². The smallest absolute Gasteiger partial charge is 0.264 e. The van der Waals surface area contributed by atoms with Crippen molar-refractivity contribution in [3.05, 3.63) is 82.9 Å². The van der Waals surface area contributed by atoms with E-state index >= 15 is 0 Å². The van der Waals surface area contributed by atoms with Gasteiger partial charge in [-0.1, -0.05) is 23.7 Å². The van der Waals surface area contributed by atoms with Crippen LogP contribution in [0.3, 0.4) is 0 Å². The summed E-state index contributed by atoms with van der Waals surface area (Å²) in [7, 11) is -2.54. The Morgan fingerprint density at radius 3 is 2.23 bits per heavy atom. The first kappa shape index (κ1) is 22.7. The van der Waals surface area contributed by atoms with Gasteiger partial charge in [0.15, 0.2) is 0 Å². The van der Waals surface area contributed by atoms with Gasteiger partial charge in [-0.2, -0.15) is 0 Å². The van der Waals surface area contributed by atoms with Gasteiger partial charge in [-0.3, -0.25) is 9.10 Å². The molecule has 0 spiro atoms. The van der Waals surface area contributed by atoms with Crippen LogP contribution in [0.25, 0.3) is 0 Å². The number of carbonyl (C=O) groups excluding carboxylic acids is 1. The third kappa shape index (κ3) is 5.57. The number of hydrogen-bond donors (Lipinski definition) is 1. The molecule has 0 bridgehead atoms. The molecule has 162 valence electrons. The molecule has 3 aromatic carbocycles. The minimum atomic E-state index is -4.04. The Hall–Kier alpha value is -3.03. The van der Waals surface area contributed by atoms with Crippen molar-refractivity contribution in [2.24, 2.45) is 0 Å². The molecule has 1 N–H and O–H groups in total. The molecule has 0 aromatic heterocycles. The molecule has 0 fully saturated rings. The Labute approximate surface area is 187 Å². The Morgan fingerprint density at radius 2 is 1.65 bits per heavy atom. The largest absolute Gasteiger partial charge is 0.497 e. The lowest BCUT2D eigenvalue weighted by Gasteiger charge is -2.24. The minimum Gasteiger partial charge on any atom is -0.497 e. The highest BCUT2D eigenvalue weighted by Gasteiger charge is 2.27. The van der Waals surface area contributed by atoms with Crippen molar-refractivity contribution >= 4 is 38.9 Å². The van der Waals surface area contributed by atoms with Crippen LogP contribution in [0.4, 0.5) is 11.4 Å². The topological polar surface area (TPSA) is 75.7 Å². The quantitative estimate of drug-likeness (QED) is 0.551. The first-order valence-electron chi connectivity index (χ1n) is 9.49. The van der Waals surface area contributed by atoms with Crippen LogP contribution < -0.4 is 14.4 Å². The highest BCUT2D eigenvalue weighted by atomic mass is 35.5. The number of rotatable bonds is 7. The van der Waals surface area contributed by atoms with Gasteiger partial charge < -0.3 is 10.1 Å². The summed E-state index contributed by atoms with van der Waals surface area (Å²) in [6.07, 6.45) is 0. The highest BCUT2D eigenvalue weighted by Crippen LogP contribution is 2.27. The van der Waals surface area contributed by atoms with Crippen LogP contribution in [0.2, 0.25) is 5.02 Å². The van der Waals surface area contributed by atoms with E-state index in [2.05, 4.69) is 5.32 Å². The van der Waals surface area contributed by atoms with Crippen LogP contribution >= 0.6 is 11.6 Å². The van der Waals surface area contributed by atoms with E-state index in [1.165, 1.54) is 25.3 Å². The van der Waals surface area contributed by atoms with E-state index in [0.717, 1.165) is 15.4 Å². The normalized spacial score (nSPS) is 11.1. The van der Waals surface area contributed by atoms with E-state index in [0.29, 0.717) is 22.1 Å². The molecule has 3 rings (SSSR count). The number of nitrogens with zero attached hydrogens (tertiary/aromatic N) is 1. The van der Waals surface area contributed by atoms with Crippen LogP contribution in [0.5, 0.6) is 5.75 Å². The number of hydrogen-bond acceptors (Lipinski definition) is 4. The summed E-state index contributed by atoms with van der Waals surface area (Å²) in [5.41, 5.74) is 2.88. The number of methoxy groups -OCH3 is 1. The molecule has 1 amide bonds. The number of halogens is 1. The third-order valence-electron chi connectivity index (χ3n) is 4.54. The summed E-state index contributed by atoms with van der Waals surface area (Å²) >= 11 is 6.09. The van der Waals surface area contributed by atoms with E-state index < -0.39 is 22.5 Å². The lowest BCUT2D eigenvalue weighted by Crippen LogP contribution is -2.38. The van der Waals surface area contributed by atoms with Crippen LogP contribution in [0, 0.1) is 13.8 Å². The molecule has 8 heteroatoms. The van der Waals surface area contributed by atoms with E-state index in [1.54, 1.807) is 30.3 Å². The SMILES string of the molecule is COc1ccc(S(=O)(=O)N(CC(=O)Nc2cc(C)cc(C)c2)c2cccc(Cl)c2)cc1. The fourth-order valence-electron chi connectivity index (χ4n) is 3.20. The summed E-state index contributed by atoms with van der Waals surface area (Å²) < 4.78 is 32.9. The molecule has 0 aliphatic heterocycles. The summed E-state index contributed by atoms with van der Waals surface area (Å²) in [6, 6.07) is 18.0. The van der Waals surface area contributed by atoms with E-state index in [-0.39, 0.29) is 4.90 Å². The van der Waals surface area contributed by atoms with E-state index in [4.69, 9.17) is 16.3 Å². The number of benzene rings is 3. The van der Waals surface area contributed by atoms with Gasteiger partial charge in [0.1, 0.15) is 12.3 Å². The molecule has 0 unspecified atom stereocenters. The maximum atomic E-state index is 13.4. The monoisotopic (exact) mass is 458 g/mol. The van der Waals surface area contributed by atoms with Gasteiger partial charge in [0.25, 0.3) is 10.0 Å². The molecule has 0 atom stereocenters. The number of sulfonamides is 1. The van der Waals surface area contributed by atoms with Crippen molar-refractivity contribution in [1.82, 2.24) is 0 Å². The van der Waals surface area contributed by atoms with E-state index in [9.17, 15) is 13.2 Å². The van der Waals surface area contributed by atoms with Crippen LogP contribution in [-0.2, 0) is 14.8 Å². The Bertz CT molecular complexity index is 1170. The van der Waals surface area contributed by atoms with Gasteiger partial charge in [-0.05, 0) is 79.6 Å². The average molecular weight is 459 g/mol. The molecule has 0 radical (unpaired) electrons. The van der Waals surface area contributed by atoms with Crippen molar-refractivity contribution in [1.29, 1.82) is 0 Å². The molecular formula is C23H23ClN2O4S. The Kier molecular flexibility index (Phi) is 6.87. The lowest BCUT2D eigenvalue weighted by molar-refractivity contribution is -0.114. The highest BCUT2D eigenvalue weighted by molar-refractivity contribution is 7.92. The van der Waals surface area contributed by atoms with Crippen molar-refractivity contribution < 1.29 is 17.9 Å². The van der Waals surface area contributed by atoms with Crippen molar-refractivity contribution in [2.75, 3.05) is 23.3 Å². The van der Waals surface area contributed by atoms with Gasteiger partial charge in [0, 0.05) is 10.7 Å². The number of carbonyl (C=O) groups is 1. The minimum absolute atomic E-state index is 0.0347. The Morgan fingerprint density at radius 1 is 1.00 bits per heavy atom. The molecule has 0 aliphatic rings. The van der Waals surface area contributed by atoms with Gasteiger partial charge in [0.2, 0.25) is 5.91 Å². The molecule has 31 heavy (non-hydrogen) atoms. The maximum absolute atomic E-state index is 13.4. The van der Waals surface area contributed by atoms with Gasteiger partial charge in [0.05, 0.1) is 17.7 Å². The van der Waals surface area contributed by atoms with Crippen LogP contribution in [0.15, 0.2) is 71.6 Å². The van der Waals surface area contributed by atoms with Gasteiger partial charge in [-0.15, -0.1) is 0 Å². The average Bonchev–Trinajstić information content (AvgIpc) is 2.71. The Balaban J connectivity index is 1.95. The zero-order valence-electron chi connectivity index (χ0n) is 17.4. The summed E-state index contributed by atoms with van der Waals surface area (Å²) in [6.45, 7) is 3.44. The molecule has 0 saturated carbocycles. The van der Waals surface area contributed by atoms with Crippen molar-refractivity contribution in [2.45, 2.75) is 18.7 Å². The molecule has 0 heterocycles. The van der Waals surface area contributed by atoms with Crippen molar-refractivity contribution in [3.63, 3.8) is 0 Å². The third-order valence-corrected chi connectivity index (χ3v) is 6.56. The number of nitrogens with one attached hydrogen (secondary N) is 1. The summed E-state index contributed by atoms with van der Waals surface area (Å²) in [5, 5.41) is 3.15. The first-order valence-corrected chi connectivity index (χ1v) is 11.3. The fourth-order valence-corrected chi connectivity index (χ4v) is 4.80. The van der Waals surface area contributed by atoms with Crippen molar-refractivity contribution in [3.8, 4) is 5.75 Å². The second kappa shape index (κ2) is 9.41. The molecular weight excluding hydrogens is 436 g/mol. The van der Waals surface area contributed by atoms with Gasteiger partial charge >= 0.3 is 0 Å². The first-order chi connectivity index (χ1) is 14.7. The number of anilines is 2. The number of amides is 1. The second-order valence-electron chi connectivity index (χ2n) is 7.09. The van der Waals surface area contributed by atoms with Crippen LogP contribution in [0.1, 0.15) is 11.1 Å². The lowest BCUT2D eigenvalue weighted by atomic mass is 10.1. The summed E-state index contributed by atoms with van der Waals surface area (Å²) in [4.78, 5) is 12.8. The van der Waals surface area contributed by atoms with Gasteiger partial charge in [-0.25, -0.2) is 8.42 Å². The number of ether oxygens (including phenoxy) is 1. The second-order valence-corrected chi connectivity index (χ2v) is 9.39. The number of aryl methyl sites for hydroxylation is 2. The maximum Gasteiger partial charge on any atom is 0.264 e. The summed E-state index contributed by atoms with van der Waals surface area (Å²) in [5.74, 6) is 0.0582. The molecule has 6 nitrogen and oxygen atoms in total. The molecule has 0 aliphatic carbocycles. The molecule has 0 saturated heterocycles. The zero-order valence-corrected chi connectivity index (χ0v) is 19.0. The predicted molar refractivity (Wildman–Crippen MR) is 124 cm³/mol. The fraction of sp³-hybridized carbons (Fsp3) is 0.174. The zero-order chi connectivity index (χ0) is 22.6. The molecule has 3 aromatic rings. The van der Waals surface area contributed by atoms with Crippen LogP contribution in [-0.4, -0.2) is 28.0 Å².